The van der Waals surface area contributed by atoms with E-state index in [0.717, 1.165) is 5.56 Å². The van der Waals surface area contributed by atoms with Crippen LogP contribution in [0.4, 0.5) is 0 Å². The summed E-state index contributed by atoms with van der Waals surface area (Å²) >= 11 is 7.47. The number of hydrogen-bond donors (Lipinski definition) is 2. The lowest BCUT2D eigenvalue weighted by Crippen LogP contribution is -2.46. The van der Waals surface area contributed by atoms with E-state index in [0.29, 0.717) is 28.6 Å². The Bertz CT molecular complexity index is 725. The van der Waals surface area contributed by atoms with Crippen LogP contribution in [0.5, 0.6) is 0 Å². The van der Waals surface area contributed by atoms with E-state index in [2.05, 4.69) is 10.3 Å². The first-order chi connectivity index (χ1) is 10.5. The molecule has 2 N–H and O–H groups in total. The van der Waals surface area contributed by atoms with Gasteiger partial charge in [-0.2, -0.15) is 0 Å². The lowest BCUT2D eigenvalue weighted by molar-refractivity contribution is -0.145. The number of aromatic nitrogens is 1. The Morgan fingerprint density at radius 1 is 1.32 bits per heavy atom. The Balaban J connectivity index is 1.66. The van der Waals surface area contributed by atoms with Crippen LogP contribution in [0.2, 0.25) is 5.02 Å². The van der Waals surface area contributed by atoms with E-state index in [9.17, 15) is 9.59 Å². The molecule has 2 aromatic rings. The molecular formula is C15H13ClN2O3S. The second-order valence-corrected chi connectivity index (χ2v) is 6.46. The quantitative estimate of drug-likeness (QED) is 0.899. The van der Waals surface area contributed by atoms with E-state index in [1.54, 1.807) is 11.4 Å². The molecule has 1 aliphatic carbocycles. The van der Waals surface area contributed by atoms with Gasteiger partial charge in [0.2, 0.25) is 0 Å². The number of rotatable bonds is 4. The summed E-state index contributed by atoms with van der Waals surface area (Å²) in [7, 11) is 0. The number of halogens is 1. The lowest BCUT2D eigenvalue weighted by Gasteiger charge is -2.32. The van der Waals surface area contributed by atoms with E-state index in [4.69, 9.17) is 16.7 Å². The van der Waals surface area contributed by atoms with Gasteiger partial charge in [-0.15, -0.1) is 11.3 Å². The third kappa shape index (κ3) is 2.98. The number of carbonyl (C=O) groups excluding carboxylic acids is 1. The zero-order valence-electron chi connectivity index (χ0n) is 11.5. The lowest BCUT2D eigenvalue weighted by atomic mass is 9.80. The average molecular weight is 337 g/mol. The maximum atomic E-state index is 12.1. The van der Waals surface area contributed by atoms with Crippen LogP contribution in [0.1, 0.15) is 23.3 Å². The molecule has 1 aliphatic rings. The second kappa shape index (κ2) is 6.06. The third-order valence-corrected chi connectivity index (χ3v) is 4.87. The predicted molar refractivity (Wildman–Crippen MR) is 84.2 cm³/mol. The number of nitrogens with zero attached hydrogens (tertiary/aromatic N) is 1. The number of hydrogen-bond acceptors (Lipinski definition) is 4. The number of benzene rings is 1. The normalized spacial score (nSPS) is 20.2. The Morgan fingerprint density at radius 2 is 2.05 bits per heavy atom. The summed E-state index contributed by atoms with van der Waals surface area (Å²) in [6.45, 7) is 0. The van der Waals surface area contributed by atoms with Crippen LogP contribution in [0.25, 0.3) is 10.6 Å². The summed E-state index contributed by atoms with van der Waals surface area (Å²) in [6, 6.07) is 7.25. The van der Waals surface area contributed by atoms with Crippen LogP contribution in [-0.4, -0.2) is 28.0 Å². The van der Waals surface area contributed by atoms with Crippen molar-refractivity contribution >= 4 is 34.8 Å². The first kappa shape index (κ1) is 15.0. The van der Waals surface area contributed by atoms with Crippen molar-refractivity contribution in [2.24, 2.45) is 5.92 Å². The van der Waals surface area contributed by atoms with Crippen molar-refractivity contribution in [1.82, 2.24) is 10.3 Å². The van der Waals surface area contributed by atoms with E-state index in [-0.39, 0.29) is 17.9 Å². The molecule has 0 atom stereocenters. The smallest absolute Gasteiger partial charge is 0.306 e. The molecule has 0 radical (unpaired) electrons. The number of carboxylic acids is 1. The molecule has 0 bridgehead atoms. The van der Waals surface area contributed by atoms with E-state index >= 15 is 0 Å². The molecule has 0 spiro atoms. The van der Waals surface area contributed by atoms with Crippen molar-refractivity contribution in [2.75, 3.05) is 0 Å². The van der Waals surface area contributed by atoms with Gasteiger partial charge >= 0.3 is 5.97 Å². The molecule has 7 heteroatoms. The summed E-state index contributed by atoms with van der Waals surface area (Å²) in [5.41, 5.74) is 1.13. The van der Waals surface area contributed by atoms with Crippen molar-refractivity contribution < 1.29 is 14.7 Å². The van der Waals surface area contributed by atoms with Gasteiger partial charge in [-0.1, -0.05) is 29.8 Å². The molecule has 1 amide bonds. The van der Waals surface area contributed by atoms with E-state index < -0.39 is 5.97 Å². The molecule has 0 saturated heterocycles. The summed E-state index contributed by atoms with van der Waals surface area (Å²) in [4.78, 5) is 27.2. The minimum Gasteiger partial charge on any atom is -0.481 e. The highest BCUT2D eigenvalue weighted by Crippen LogP contribution is 2.31. The molecular weight excluding hydrogens is 324 g/mol. The van der Waals surface area contributed by atoms with Crippen molar-refractivity contribution in [3.63, 3.8) is 0 Å². The Hall–Kier alpha value is -1.92. The highest BCUT2D eigenvalue weighted by molar-refractivity contribution is 7.13. The molecule has 22 heavy (non-hydrogen) atoms. The van der Waals surface area contributed by atoms with Gasteiger partial charge in [0.15, 0.2) is 0 Å². The van der Waals surface area contributed by atoms with E-state index in [1.165, 1.54) is 11.3 Å². The highest BCUT2D eigenvalue weighted by Gasteiger charge is 2.35. The van der Waals surface area contributed by atoms with Crippen LogP contribution < -0.4 is 5.32 Å². The van der Waals surface area contributed by atoms with Gasteiger partial charge in [0.1, 0.15) is 10.7 Å². The molecule has 3 rings (SSSR count). The molecule has 1 heterocycles. The number of thiazole rings is 1. The van der Waals surface area contributed by atoms with Gasteiger partial charge in [-0.05, 0) is 18.9 Å². The number of aliphatic carboxylic acids is 1. The molecule has 1 saturated carbocycles. The molecule has 1 fully saturated rings. The van der Waals surface area contributed by atoms with Gasteiger partial charge in [0, 0.05) is 17.0 Å². The fraction of sp³-hybridized carbons (Fsp3) is 0.267. The highest BCUT2D eigenvalue weighted by atomic mass is 35.5. The first-order valence-corrected chi connectivity index (χ1v) is 8.04. The molecule has 0 unspecified atom stereocenters. The monoisotopic (exact) mass is 336 g/mol. The zero-order chi connectivity index (χ0) is 15.7. The topological polar surface area (TPSA) is 79.3 Å². The maximum Gasteiger partial charge on any atom is 0.306 e. The summed E-state index contributed by atoms with van der Waals surface area (Å²) < 4.78 is 0. The van der Waals surface area contributed by atoms with Crippen molar-refractivity contribution in [1.29, 1.82) is 0 Å². The van der Waals surface area contributed by atoms with E-state index in [1.807, 2.05) is 18.2 Å². The number of carbonyl (C=O) groups is 2. The summed E-state index contributed by atoms with van der Waals surface area (Å²) in [5, 5.41) is 14.6. The minimum atomic E-state index is -0.805. The molecule has 1 aromatic heterocycles. The fourth-order valence-corrected chi connectivity index (χ4v) is 3.45. The van der Waals surface area contributed by atoms with Crippen LogP contribution in [0, 0.1) is 5.92 Å². The summed E-state index contributed by atoms with van der Waals surface area (Å²) in [6.07, 6.45) is 0.950. The molecule has 114 valence electrons. The Morgan fingerprint density at radius 3 is 2.73 bits per heavy atom. The first-order valence-electron chi connectivity index (χ1n) is 6.78. The Labute approximate surface area is 136 Å². The van der Waals surface area contributed by atoms with Crippen LogP contribution >= 0.6 is 22.9 Å². The third-order valence-electron chi connectivity index (χ3n) is 3.66. The van der Waals surface area contributed by atoms with Crippen LogP contribution in [0.3, 0.4) is 0 Å². The summed E-state index contributed by atoms with van der Waals surface area (Å²) in [5.74, 6) is -1.43. The molecule has 1 aromatic carbocycles. The van der Waals surface area contributed by atoms with Crippen molar-refractivity contribution in [3.05, 3.63) is 40.4 Å². The largest absolute Gasteiger partial charge is 0.481 e. The Kier molecular flexibility index (Phi) is 4.13. The second-order valence-electron chi connectivity index (χ2n) is 5.19. The number of amides is 1. The standard InChI is InChI=1S/C15H13ClN2O3S/c16-11-4-2-1-3-10(11)14-18-12(7-22-14)13(19)17-9-5-8(6-9)15(20)21/h1-4,7-9H,5-6H2,(H,17,19)(H,20,21). The van der Waals surface area contributed by atoms with Gasteiger partial charge in [0.05, 0.1) is 10.9 Å². The van der Waals surface area contributed by atoms with Crippen LogP contribution in [-0.2, 0) is 4.79 Å². The van der Waals surface area contributed by atoms with Crippen molar-refractivity contribution in [2.45, 2.75) is 18.9 Å². The van der Waals surface area contributed by atoms with Gasteiger partial charge in [-0.3, -0.25) is 9.59 Å². The van der Waals surface area contributed by atoms with Gasteiger partial charge in [0.25, 0.3) is 5.91 Å². The predicted octanol–water partition coefficient (Wildman–Crippen LogP) is 3.06. The van der Waals surface area contributed by atoms with Crippen LogP contribution in [0.15, 0.2) is 29.6 Å². The van der Waals surface area contributed by atoms with Gasteiger partial charge in [-0.25, -0.2) is 4.98 Å². The average Bonchev–Trinajstić information content (AvgIpc) is 2.91. The molecule has 0 aliphatic heterocycles. The number of carboxylic acid groups (broad SMARTS) is 1. The minimum absolute atomic E-state index is 0.0842. The fourth-order valence-electron chi connectivity index (χ4n) is 2.33. The van der Waals surface area contributed by atoms with Crippen molar-refractivity contribution in [3.8, 4) is 10.6 Å². The maximum absolute atomic E-state index is 12.1. The molecule has 5 nitrogen and oxygen atoms in total. The number of nitrogens with one attached hydrogen (secondary N) is 1. The van der Waals surface area contributed by atoms with Gasteiger partial charge < -0.3 is 10.4 Å². The SMILES string of the molecule is O=C(NC1CC(C(=O)O)C1)c1csc(-c2ccccc2Cl)n1. The zero-order valence-corrected chi connectivity index (χ0v) is 13.0.